The fraction of sp³-hybridized carbons (Fsp3) is 0.609. The van der Waals surface area contributed by atoms with Crippen molar-refractivity contribution in [2.75, 3.05) is 29.9 Å². The van der Waals surface area contributed by atoms with Gasteiger partial charge in [0.25, 0.3) is 0 Å². The summed E-state index contributed by atoms with van der Waals surface area (Å²) >= 11 is 0. The van der Waals surface area contributed by atoms with E-state index in [0.29, 0.717) is 25.9 Å². The van der Waals surface area contributed by atoms with Crippen LogP contribution in [0.25, 0.3) is 0 Å². The summed E-state index contributed by atoms with van der Waals surface area (Å²) in [6, 6.07) is 7.91. The van der Waals surface area contributed by atoms with E-state index >= 15 is 0 Å². The minimum Gasteiger partial charge on any atom is -0.444 e. The number of benzene rings is 1. The van der Waals surface area contributed by atoms with E-state index in [9.17, 15) is 14.4 Å². The molecule has 8 heteroatoms. The molecule has 0 saturated carbocycles. The van der Waals surface area contributed by atoms with Gasteiger partial charge in [0, 0.05) is 50.0 Å². The fourth-order valence-electron chi connectivity index (χ4n) is 4.41. The summed E-state index contributed by atoms with van der Waals surface area (Å²) in [4.78, 5) is 42.3. The molecule has 2 saturated heterocycles. The molecule has 170 valence electrons. The van der Waals surface area contributed by atoms with E-state index in [2.05, 4.69) is 36.2 Å². The number of likely N-dealkylation sites (N-methyl/N-ethyl adjacent to an activating group) is 1. The molecule has 3 amide bonds. The van der Waals surface area contributed by atoms with Gasteiger partial charge in [-0.15, -0.1) is 0 Å². The lowest BCUT2D eigenvalue weighted by Gasteiger charge is -2.46. The molecular weight excluding hydrogens is 396 g/mol. The van der Waals surface area contributed by atoms with Crippen LogP contribution in [0.2, 0.25) is 0 Å². The van der Waals surface area contributed by atoms with E-state index < -0.39 is 5.60 Å². The predicted molar refractivity (Wildman–Crippen MR) is 120 cm³/mol. The Morgan fingerprint density at radius 3 is 2.39 bits per heavy atom. The monoisotopic (exact) mass is 430 g/mol. The molecule has 2 aliphatic rings. The number of imide groups is 1. The molecule has 1 aromatic rings. The highest BCUT2D eigenvalue weighted by Crippen LogP contribution is 2.30. The van der Waals surface area contributed by atoms with Gasteiger partial charge in [-0.3, -0.25) is 14.9 Å². The molecule has 0 aromatic heterocycles. The molecule has 0 aliphatic carbocycles. The summed E-state index contributed by atoms with van der Waals surface area (Å²) in [5.41, 5.74) is 1.44. The van der Waals surface area contributed by atoms with Crippen LogP contribution in [0.5, 0.6) is 0 Å². The molecule has 0 radical (unpaired) electrons. The number of piperidine rings is 1. The first kappa shape index (κ1) is 22.9. The number of nitrogens with zero attached hydrogens (tertiary/aromatic N) is 3. The number of ether oxygens (including phenoxy) is 1. The van der Waals surface area contributed by atoms with Crippen LogP contribution in [-0.2, 0) is 14.3 Å². The van der Waals surface area contributed by atoms with Crippen molar-refractivity contribution in [3.8, 4) is 0 Å². The van der Waals surface area contributed by atoms with Crippen LogP contribution in [0.4, 0.5) is 16.2 Å². The molecule has 8 nitrogen and oxygen atoms in total. The zero-order chi connectivity index (χ0) is 22.9. The molecule has 2 aliphatic heterocycles. The third kappa shape index (κ3) is 5.29. The van der Waals surface area contributed by atoms with Crippen molar-refractivity contribution in [3.05, 3.63) is 24.3 Å². The number of carbonyl (C=O) groups is 3. The van der Waals surface area contributed by atoms with Crippen molar-refractivity contribution in [2.45, 2.75) is 71.2 Å². The van der Waals surface area contributed by atoms with Crippen LogP contribution in [0.1, 0.15) is 47.5 Å². The number of anilines is 2. The average Bonchev–Trinajstić information content (AvgIpc) is 2.66. The van der Waals surface area contributed by atoms with Crippen molar-refractivity contribution < 1.29 is 19.1 Å². The first-order chi connectivity index (χ1) is 14.5. The fourth-order valence-corrected chi connectivity index (χ4v) is 4.41. The van der Waals surface area contributed by atoms with Crippen LogP contribution in [0.3, 0.4) is 0 Å². The highest BCUT2D eigenvalue weighted by atomic mass is 16.6. The average molecular weight is 431 g/mol. The maximum absolute atomic E-state index is 12.5. The first-order valence-corrected chi connectivity index (χ1v) is 10.9. The van der Waals surface area contributed by atoms with Crippen LogP contribution < -0.4 is 15.1 Å². The van der Waals surface area contributed by atoms with Crippen molar-refractivity contribution in [2.24, 2.45) is 0 Å². The second-order valence-corrected chi connectivity index (χ2v) is 9.59. The maximum atomic E-state index is 12.5. The van der Waals surface area contributed by atoms with E-state index in [4.69, 9.17) is 4.74 Å². The van der Waals surface area contributed by atoms with Crippen LogP contribution in [-0.4, -0.2) is 66.7 Å². The van der Waals surface area contributed by atoms with Gasteiger partial charge in [-0.2, -0.15) is 0 Å². The summed E-state index contributed by atoms with van der Waals surface area (Å²) < 4.78 is 5.55. The molecule has 1 unspecified atom stereocenters. The standard InChI is InChI=1S/C23H34N4O4/c1-15-13-26(22(30)31-23(3,4)5)14-16(2)27(15)18-9-7-8-17(12-18)25(6)19-10-11-20(28)24-21(19)29/h7-9,12,15-16,19H,10-11,13-14H2,1-6H3,(H,24,28,29)/t15-,16+,19?. The quantitative estimate of drug-likeness (QED) is 0.743. The second-order valence-electron chi connectivity index (χ2n) is 9.59. The van der Waals surface area contributed by atoms with E-state index in [0.717, 1.165) is 11.4 Å². The Morgan fingerprint density at radius 2 is 1.81 bits per heavy atom. The third-order valence-electron chi connectivity index (χ3n) is 5.78. The predicted octanol–water partition coefficient (Wildman–Crippen LogP) is 2.76. The van der Waals surface area contributed by atoms with Gasteiger partial charge < -0.3 is 19.4 Å². The summed E-state index contributed by atoms with van der Waals surface area (Å²) in [5, 5.41) is 2.42. The minimum absolute atomic E-state index is 0.104. The van der Waals surface area contributed by atoms with Gasteiger partial charge in [0.15, 0.2) is 0 Å². The molecule has 1 N–H and O–H groups in total. The lowest BCUT2D eigenvalue weighted by Crippen LogP contribution is -2.59. The highest BCUT2D eigenvalue weighted by molar-refractivity contribution is 6.01. The number of amides is 3. The zero-order valence-corrected chi connectivity index (χ0v) is 19.3. The van der Waals surface area contributed by atoms with Gasteiger partial charge in [0.2, 0.25) is 11.8 Å². The van der Waals surface area contributed by atoms with Gasteiger partial charge in [-0.25, -0.2) is 4.79 Å². The topological polar surface area (TPSA) is 82.2 Å². The van der Waals surface area contributed by atoms with Crippen molar-refractivity contribution >= 4 is 29.3 Å². The van der Waals surface area contributed by atoms with Crippen molar-refractivity contribution in [1.29, 1.82) is 0 Å². The SMILES string of the molecule is C[C@@H]1CN(C(=O)OC(C)(C)C)C[C@H](C)N1c1cccc(N(C)C2CCC(=O)NC2=O)c1. The van der Waals surface area contributed by atoms with Crippen LogP contribution >= 0.6 is 0 Å². The Kier molecular flexibility index (Phi) is 6.48. The summed E-state index contributed by atoms with van der Waals surface area (Å²) in [6.07, 6.45) is 0.575. The Morgan fingerprint density at radius 1 is 1.16 bits per heavy atom. The Bertz CT molecular complexity index is 838. The number of nitrogens with one attached hydrogen (secondary N) is 1. The Hall–Kier alpha value is -2.77. The minimum atomic E-state index is -0.518. The van der Waals surface area contributed by atoms with E-state index in [1.807, 2.05) is 44.9 Å². The van der Waals surface area contributed by atoms with Crippen LogP contribution in [0, 0.1) is 0 Å². The molecule has 2 heterocycles. The van der Waals surface area contributed by atoms with E-state index in [1.165, 1.54) is 0 Å². The van der Waals surface area contributed by atoms with Gasteiger partial charge >= 0.3 is 6.09 Å². The molecule has 3 rings (SSSR count). The smallest absolute Gasteiger partial charge is 0.410 e. The zero-order valence-electron chi connectivity index (χ0n) is 19.3. The molecule has 0 bridgehead atoms. The number of hydrogen-bond donors (Lipinski definition) is 1. The normalized spacial score (nSPS) is 24.6. The van der Waals surface area contributed by atoms with Gasteiger partial charge in [0.05, 0.1) is 0 Å². The largest absolute Gasteiger partial charge is 0.444 e. The van der Waals surface area contributed by atoms with Gasteiger partial charge in [-0.1, -0.05) is 6.07 Å². The molecule has 31 heavy (non-hydrogen) atoms. The first-order valence-electron chi connectivity index (χ1n) is 10.9. The van der Waals surface area contributed by atoms with Gasteiger partial charge in [-0.05, 0) is 59.2 Å². The number of rotatable bonds is 3. The van der Waals surface area contributed by atoms with Crippen LogP contribution in [0.15, 0.2) is 24.3 Å². The molecule has 3 atom stereocenters. The molecule has 2 fully saturated rings. The highest BCUT2D eigenvalue weighted by Gasteiger charge is 2.35. The van der Waals surface area contributed by atoms with Crippen molar-refractivity contribution in [1.82, 2.24) is 10.2 Å². The number of hydrogen-bond acceptors (Lipinski definition) is 6. The lowest BCUT2D eigenvalue weighted by molar-refractivity contribution is -0.134. The molecule has 0 spiro atoms. The van der Waals surface area contributed by atoms with Crippen molar-refractivity contribution in [3.63, 3.8) is 0 Å². The lowest BCUT2D eigenvalue weighted by atomic mass is 10.0. The molecular formula is C23H34N4O4. The van der Waals surface area contributed by atoms with Gasteiger partial charge in [0.1, 0.15) is 11.6 Å². The Labute approximate surface area is 184 Å². The number of piperazine rings is 1. The number of carbonyl (C=O) groups excluding carboxylic acids is 3. The summed E-state index contributed by atoms with van der Waals surface area (Å²) in [6.45, 7) is 11.0. The summed E-state index contributed by atoms with van der Waals surface area (Å²) in [7, 11) is 1.88. The van der Waals surface area contributed by atoms with E-state index in [1.54, 1.807) is 4.90 Å². The summed E-state index contributed by atoms with van der Waals surface area (Å²) in [5.74, 6) is -0.467. The third-order valence-corrected chi connectivity index (χ3v) is 5.78. The maximum Gasteiger partial charge on any atom is 0.410 e. The van der Waals surface area contributed by atoms with E-state index in [-0.39, 0.29) is 36.0 Å². The Balaban J connectivity index is 1.74. The molecule has 1 aromatic carbocycles. The second kappa shape index (κ2) is 8.77.